The van der Waals surface area contributed by atoms with Crippen LogP contribution in [0.4, 0.5) is 9.18 Å². The van der Waals surface area contributed by atoms with Gasteiger partial charge in [-0.2, -0.15) is 0 Å². The normalized spacial score (nSPS) is 24.4. The summed E-state index contributed by atoms with van der Waals surface area (Å²) in [6.45, 7) is 4.15. The molecule has 1 saturated heterocycles. The van der Waals surface area contributed by atoms with Gasteiger partial charge in [0.1, 0.15) is 11.4 Å². The van der Waals surface area contributed by atoms with Crippen molar-refractivity contribution in [2.75, 3.05) is 13.2 Å². The molecule has 21 heavy (non-hydrogen) atoms. The molecule has 0 saturated carbocycles. The van der Waals surface area contributed by atoms with Crippen molar-refractivity contribution in [2.45, 2.75) is 38.0 Å². The molecular weight excluding hydrogens is 275 g/mol. The first-order valence-electron chi connectivity index (χ1n) is 7.03. The zero-order valence-corrected chi connectivity index (χ0v) is 12.2. The number of hydrogen-bond acceptors (Lipinski definition) is 3. The number of halogens is 1. The van der Waals surface area contributed by atoms with E-state index in [0.717, 1.165) is 6.42 Å². The van der Waals surface area contributed by atoms with Crippen LogP contribution in [0.5, 0.6) is 0 Å². The first kappa shape index (κ1) is 15.7. The summed E-state index contributed by atoms with van der Waals surface area (Å²) in [6.07, 6.45) is 0.775. The first-order valence-corrected chi connectivity index (χ1v) is 7.03. The van der Waals surface area contributed by atoms with Gasteiger partial charge in [0.05, 0.1) is 18.7 Å². The number of rotatable bonds is 4. The summed E-state index contributed by atoms with van der Waals surface area (Å²) < 4.78 is 18.2. The van der Waals surface area contributed by atoms with Crippen molar-refractivity contribution in [1.29, 1.82) is 0 Å². The average molecular weight is 296 g/mol. The number of hydrogen-bond donors (Lipinski definition) is 3. The Bertz CT molecular complexity index is 490. The number of ether oxygens (including phenoxy) is 1. The summed E-state index contributed by atoms with van der Waals surface area (Å²) >= 11 is 0. The lowest BCUT2D eigenvalue weighted by atomic mass is 9.96. The fourth-order valence-corrected chi connectivity index (χ4v) is 2.30. The molecule has 0 radical (unpaired) electrons. The molecule has 1 aromatic rings. The van der Waals surface area contributed by atoms with Crippen LogP contribution in [0.3, 0.4) is 0 Å². The van der Waals surface area contributed by atoms with Gasteiger partial charge in [-0.3, -0.25) is 0 Å². The van der Waals surface area contributed by atoms with Gasteiger partial charge in [0.15, 0.2) is 0 Å². The number of amides is 2. The monoisotopic (exact) mass is 296 g/mol. The molecule has 3 N–H and O–H groups in total. The SMILES string of the molecule is CC1OCCC1NC(=O)NCC(C)(O)c1ccc(F)cc1. The Kier molecular flexibility index (Phi) is 4.80. The molecule has 0 spiro atoms. The Morgan fingerprint density at radius 1 is 1.48 bits per heavy atom. The molecule has 0 aromatic heterocycles. The predicted octanol–water partition coefficient (Wildman–Crippen LogP) is 1.51. The van der Waals surface area contributed by atoms with E-state index in [1.54, 1.807) is 6.92 Å². The summed E-state index contributed by atoms with van der Waals surface area (Å²) in [5, 5.41) is 15.8. The number of aliphatic hydroxyl groups is 1. The molecule has 0 bridgehead atoms. The van der Waals surface area contributed by atoms with Crippen molar-refractivity contribution in [3.05, 3.63) is 35.6 Å². The van der Waals surface area contributed by atoms with Gasteiger partial charge in [-0.25, -0.2) is 9.18 Å². The van der Waals surface area contributed by atoms with Crippen LogP contribution in [0.2, 0.25) is 0 Å². The molecule has 116 valence electrons. The Morgan fingerprint density at radius 2 is 2.14 bits per heavy atom. The number of carbonyl (C=O) groups is 1. The third-order valence-electron chi connectivity index (χ3n) is 3.75. The van der Waals surface area contributed by atoms with Crippen molar-refractivity contribution in [3.63, 3.8) is 0 Å². The average Bonchev–Trinajstić information content (AvgIpc) is 2.83. The van der Waals surface area contributed by atoms with E-state index in [0.29, 0.717) is 12.2 Å². The lowest BCUT2D eigenvalue weighted by Crippen LogP contribution is -2.48. The fourth-order valence-electron chi connectivity index (χ4n) is 2.30. The minimum absolute atomic E-state index is 0.00615. The van der Waals surface area contributed by atoms with E-state index in [2.05, 4.69) is 10.6 Å². The van der Waals surface area contributed by atoms with Gasteiger partial charge in [-0.05, 0) is 38.0 Å². The highest BCUT2D eigenvalue weighted by Crippen LogP contribution is 2.20. The summed E-state index contributed by atoms with van der Waals surface area (Å²) in [4.78, 5) is 11.8. The number of carbonyl (C=O) groups excluding carboxylic acids is 1. The number of urea groups is 1. The van der Waals surface area contributed by atoms with Crippen LogP contribution in [0, 0.1) is 5.82 Å². The second kappa shape index (κ2) is 6.41. The molecule has 5 nitrogen and oxygen atoms in total. The highest BCUT2D eigenvalue weighted by molar-refractivity contribution is 5.74. The molecule has 1 aliphatic heterocycles. The van der Waals surface area contributed by atoms with Gasteiger partial charge in [-0.15, -0.1) is 0 Å². The quantitative estimate of drug-likeness (QED) is 0.789. The van der Waals surface area contributed by atoms with E-state index in [1.165, 1.54) is 24.3 Å². The predicted molar refractivity (Wildman–Crippen MR) is 76.3 cm³/mol. The zero-order chi connectivity index (χ0) is 15.5. The highest BCUT2D eigenvalue weighted by Gasteiger charge is 2.27. The maximum absolute atomic E-state index is 12.9. The zero-order valence-electron chi connectivity index (χ0n) is 12.2. The molecule has 6 heteroatoms. The van der Waals surface area contributed by atoms with E-state index in [9.17, 15) is 14.3 Å². The highest BCUT2D eigenvalue weighted by atomic mass is 19.1. The lowest BCUT2D eigenvalue weighted by Gasteiger charge is -2.25. The van der Waals surface area contributed by atoms with Gasteiger partial charge < -0.3 is 20.5 Å². The Morgan fingerprint density at radius 3 is 2.71 bits per heavy atom. The van der Waals surface area contributed by atoms with Crippen LogP contribution in [-0.4, -0.2) is 36.4 Å². The van der Waals surface area contributed by atoms with E-state index >= 15 is 0 Å². The summed E-state index contributed by atoms with van der Waals surface area (Å²) in [7, 11) is 0. The topological polar surface area (TPSA) is 70.6 Å². The fraction of sp³-hybridized carbons (Fsp3) is 0.533. The Labute approximate surface area is 123 Å². The molecule has 1 aliphatic rings. The van der Waals surface area contributed by atoms with Crippen molar-refractivity contribution in [3.8, 4) is 0 Å². The van der Waals surface area contributed by atoms with Gasteiger partial charge >= 0.3 is 6.03 Å². The summed E-state index contributed by atoms with van der Waals surface area (Å²) in [5.74, 6) is -0.365. The van der Waals surface area contributed by atoms with Crippen molar-refractivity contribution < 1.29 is 19.0 Å². The third kappa shape index (κ3) is 4.15. The van der Waals surface area contributed by atoms with Crippen LogP contribution in [-0.2, 0) is 10.3 Å². The van der Waals surface area contributed by atoms with Crippen LogP contribution in [0.15, 0.2) is 24.3 Å². The number of nitrogens with one attached hydrogen (secondary N) is 2. The molecule has 1 aromatic carbocycles. The van der Waals surface area contributed by atoms with Crippen molar-refractivity contribution >= 4 is 6.03 Å². The Balaban J connectivity index is 1.86. The molecule has 2 rings (SSSR count). The number of benzene rings is 1. The van der Waals surface area contributed by atoms with E-state index in [1.807, 2.05) is 6.92 Å². The molecule has 2 amide bonds. The third-order valence-corrected chi connectivity index (χ3v) is 3.75. The maximum atomic E-state index is 12.9. The van der Waals surface area contributed by atoms with Gasteiger partial charge in [0.25, 0.3) is 0 Å². The van der Waals surface area contributed by atoms with Crippen molar-refractivity contribution in [1.82, 2.24) is 10.6 Å². The molecular formula is C15H21FN2O3. The first-order chi connectivity index (χ1) is 9.88. The minimum Gasteiger partial charge on any atom is -0.384 e. The van der Waals surface area contributed by atoms with E-state index < -0.39 is 5.60 Å². The molecule has 3 unspecified atom stereocenters. The van der Waals surface area contributed by atoms with Crippen LogP contribution < -0.4 is 10.6 Å². The molecule has 1 fully saturated rings. The lowest BCUT2D eigenvalue weighted by molar-refractivity contribution is 0.0589. The molecule has 3 atom stereocenters. The van der Waals surface area contributed by atoms with Gasteiger partial charge in [0.2, 0.25) is 0 Å². The molecule has 0 aliphatic carbocycles. The largest absolute Gasteiger partial charge is 0.384 e. The Hall–Kier alpha value is -1.66. The van der Waals surface area contributed by atoms with Gasteiger partial charge in [-0.1, -0.05) is 12.1 Å². The summed E-state index contributed by atoms with van der Waals surface area (Å²) in [6, 6.07) is 5.20. The van der Waals surface area contributed by atoms with Crippen LogP contribution in [0.25, 0.3) is 0 Å². The van der Waals surface area contributed by atoms with Crippen LogP contribution in [0.1, 0.15) is 25.8 Å². The standard InChI is InChI=1S/C15H21FN2O3/c1-10-13(7-8-21-10)18-14(19)17-9-15(2,20)11-3-5-12(16)6-4-11/h3-6,10,13,20H,7-9H2,1-2H3,(H2,17,18,19). The second-order valence-corrected chi connectivity index (χ2v) is 5.58. The summed E-state index contributed by atoms with van der Waals surface area (Å²) in [5.41, 5.74) is -0.718. The second-order valence-electron chi connectivity index (χ2n) is 5.58. The maximum Gasteiger partial charge on any atom is 0.315 e. The van der Waals surface area contributed by atoms with Crippen LogP contribution >= 0.6 is 0 Å². The van der Waals surface area contributed by atoms with E-state index in [-0.39, 0.29) is 30.5 Å². The smallest absolute Gasteiger partial charge is 0.315 e. The minimum atomic E-state index is -1.26. The molecule has 1 heterocycles. The van der Waals surface area contributed by atoms with Gasteiger partial charge in [0, 0.05) is 6.61 Å². The van der Waals surface area contributed by atoms with Crippen molar-refractivity contribution in [2.24, 2.45) is 0 Å². The van der Waals surface area contributed by atoms with E-state index in [4.69, 9.17) is 4.74 Å².